The molecule has 3 aromatic rings. The van der Waals surface area contributed by atoms with Crippen LogP contribution in [0.3, 0.4) is 0 Å². The van der Waals surface area contributed by atoms with Crippen LogP contribution >= 0.6 is 0 Å². The van der Waals surface area contributed by atoms with Crippen molar-refractivity contribution in [1.29, 1.82) is 0 Å². The predicted molar refractivity (Wildman–Crippen MR) is 127 cm³/mol. The van der Waals surface area contributed by atoms with Crippen LogP contribution in [-0.2, 0) is 17.6 Å². The Morgan fingerprint density at radius 2 is 1.86 bits per heavy atom. The van der Waals surface area contributed by atoms with E-state index in [-0.39, 0.29) is 74.5 Å². The number of carbonyl (C=O) groups excluding carboxylic acids is 1. The number of hydrogen-bond acceptors (Lipinski definition) is 5. The summed E-state index contributed by atoms with van der Waals surface area (Å²) in [6.07, 6.45) is 2.33. The van der Waals surface area contributed by atoms with E-state index in [9.17, 15) is 24.4 Å². The van der Waals surface area contributed by atoms with Crippen LogP contribution in [-0.4, -0.2) is 17.3 Å². The molecule has 1 aliphatic heterocycles. The van der Waals surface area contributed by atoms with Crippen molar-refractivity contribution in [2.24, 2.45) is 0 Å². The summed E-state index contributed by atoms with van der Waals surface area (Å²) in [5.41, 5.74) is 5.01. The van der Waals surface area contributed by atoms with Gasteiger partial charge in [0.15, 0.2) is 0 Å². The molecule has 0 aliphatic carbocycles. The Hall–Kier alpha value is -2.36. The van der Waals surface area contributed by atoms with Gasteiger partial charge in [-0.15, -0.1) is 0 Å². The fourth-order valence-corrected chi connectivity index (χ4v) is 4.47. The van der Waals surface area contributed by atoms with Crippen molar-refractivity contribution in [1.82, 2.24) is 0 Å². The van der Waals surface area contributed by atoms with E-state index in [1.54, 1.807) is 18.2 Å². The van der Waals surface area contributed by atoms with E-state index in [1.807, 2.05) is 13.0 Å². The molecule has 8 heteroatoms. The number of rotatable bonds is 6. The van der Waals surface area contributed by atoms with Gasteiger partial charge in [-0.3, -0.25) is 14.9 Å². The zero-order chi connectivity index (χ0) is 24.4. The van der Waals surface area contributed by atoms with Gasteiger partial charge < -0.3 is 10.0 Å². The molecular weight excluding hydrogens is 474 g/mol. The molecule has 0 spiro atoms. The van der Waals surface area contributed by atoms with Crippen molar-refractivity contribution in [3.05, 3.63) is 110 Å². The molecule has 4 rings (SSSR count). The normalized spacial score (nSPS) is 15.2. The van der Waals surface area contributed by atoms with Crippen LogP contribution in [0.25, 0.3) is 6.08 Å². The van der Waals surface area contributed by atoms with Crippen molar-refractivity contribution in [2.75, 3.05) is 11.4 Å². The van der Waals surface area contributed by atoms with E-state index >= 15 is 0 Å². The largest absolute Gasteiger partial charge is 1.00 e. The summed E-state index contributed by atoms with van der Waals surface area (Å²) in [5, 5.41) is 23.5. The Balaban J connectivity index is 0.00000342. The monoisotopic (exact) mass is 498 g/mol. The number of allylic oxidation sites excluding steroid dienone is 1. The number of nitrogens with zero attached hydrogens (tertiary/aromatic N) is 2. The molecule has 0 radical (unpaired) electrons. The molecule has 0 saturated heterocycles. The van der Waals surface area contributed by atoms with E-state index in [1.165, 1.54) is 35.4 Å². The van der Waals surface area contributed by atoms with Gasteiger partial charge in [0.25, 0.3) is 5.69 Å². The number of hydrogen-bond donors (Lipinski definition) is 0. The number of ketones is 1. The zero-order valence-electron chi connectivity index (χ0n) is 20.0. The average Bonchev–Trinajstić information content (AvgIpc) is 2.80. The Kier molecular flexibility index (Phi) is 9.01. The number of aryl methyl sites for hydroxylation is 1. The summed E-state index contributed by atoms with van der Waals surface area (Å²) >= 11 is 0. The van der Waals surface area contributed by atoms with Crippen LogP contribution in [0.5, 0.6) is 0 Å². The molecule has 0 bridgehead atoms. The molecule has 0 aromatic heterocycles. The number of fused-ring (bicyclic) bond motifs is 1. The molecule has 0 amide bonds. The van der Waals surface area contributed by atoms with Crippen LogP contribution in [0.15, 0.2) is 66.4 Å². The molecule has 0 saturated carbocycles. The average molecular weight is 499 g/mol. The molecule has 3 aromatic carbocycles. The van der Waals surface area contributed by atoms with Gasteiger partial charge >= 0.3 is 51.4 Å². The van der Waals surface area contributed by atoms with Crippen molar-refractivity contribution >= 4 is 23.2 Å². The van der Waals surface area contributed by atoms with Gasteiger partial charge in [0.2, 0.25) is 0 Å². The molecule has 1 aliphatic rings. The second-order valence-corrected chi connectivity index (χ2v) is 8.56. The van der Waals surface area contributed by atoms with Gasteiger partial charge in [0.05, 0.1) is 16.5 Å². The first-order valence-corrected chi connectivity index (χ1v) is 11.0. The topological polar surface area (TPSA) is 86.5 Å². The molecule has 6 nitrogen and oxygen atoms in total. The van der Waals surface area contributed by atoms with Gasteiger partial charge in [-0.2, -0.15) is 0 Å². The summed E-state index contributed by atoms with van der Waals surface area (Å²) in [5.74, 6) is -1.77. The van der Waals surface area contributed by atoms with Crippen LogP contribution in [0.1, 0.15) is 40.8 Å². The summed E-state index contributed by atoms with van der Waals surface area (Å²) in [7, 11) is 0. The smallest absolute Gasteiger partial charge is 0.870 e. The minimum Gasteiger partial charge on any atom is -0.870 e. The van der Waals surface area contributed by atoms with Crippen LogP contribution in [0, 0.1) is 22.9 Å². The number of nitro benzene ring substituents is 1. The quantitative estimate of drug-likeness (QED) is 0.170. The Morgan fingerprint density at radius 3 is 2.51 bits per heavy atom. The van der Waals surface area contributed by atoms with E-state index in [0.717, 1.165) is 42.8 Å². The van der Waals surface area contributed by atoms with Gasteiger partial charge in [-0.25, -0.2) is 4.39 Å². The maximum atomic E-state index is 13.5. The number of Topliss-reactive ketones (excluding diaryl/α,β-unsaturated/α-hetero) is 1. The van der Waals surface area contributed by atoms with E-state index in [0.29, 0.717) is 6.42 Å². The molecule has 1 unspecified atom stereocenters. The first-order chi connectivity index (χ1) is 16.2. The van der Waals surface area contributed by atoms with Crippen LogP contribution in [0.4, 0.5) is 15.8 Å². The first kappa shape index (κ1) is 27.2. The Labute approximate surface area is 246 Å². The Morgan fingerprint density at radius 1 is 1.14 bits per heavy atom. The molecule has 0 fully saturated rings. The van der Waals surface area contributed by atoms with Crippen molar-refractivity contribution in [3.8, 4) is 0 Å². The SMILES string of the molecule is CC(=O)/C([O-])=C\c1ccc(CC2c3ccc(C)cc3CCN2c2ccc(F)cc2)cc1[N+](=O)[O-].[K+]. The fourth-order valence-electron chi connectivity index (χ4n) is 4.47. The number of benzene rings is 3. The van der Waals surface area contributed by atoms with Crippen molar-refractivity contribution < 1.29 is 70.6 Å². The summed E-state index contributed by atoms with van der Waals surface area (Å²) in [4.78, 5) is 24.7. The fraction of sp³-hybridized carbons (Fsp3) is 0.222. The standard InChI is InChI=1S/C27H25FN2O4.K/c1-17-3-10-24-20(13-17)11-12-29(23-8-6-22(28)7-9-23)26(24)15-19-4-5-21(16-27(32)18(2)31)25(14-19)30(33)34;/h3-10,13-14,16,26,32H,11-12,15H2,1-2H3;/q;+1/p-1/b27-16+;. The summed E-state index contributed by atoms with van der Waals surface area (Å²) in [6, 6.07) is 17.3. The predicted octanol–water partition coefficient (Wildman–Crippen LogP) is 1.68. The maximum Gasteiger partial charge on any atom is 1.00 e. The first-order valence-electron chi connectivity index (χ1n) is 11.0. The maximum absolute atomic E-state index is 13.5. The minimum absolute atomic E-state index is 0. The summed E-state index contributed by atoms with van der Waals surface area (Å²) in [6.45, 7) is 3.90. The van der Waals surface area contributed by atoms with Crippen LogP contribution < -0.4 is 61.4 Å². The zero-order valence-corrected chi connectivity index (χ0v) is 23.1. The molecule has 0 N–H and O–H groups in total. The van der Waals surface area contributed by atoms with Gasteiger partial charge in [0, 0.05) is 18.3 Å². The van der Waals surface area contributed by atoms with E-state index < -0.39 is 16.5 Å². The van der Waals surface area contributed by atoms with E-state index in [4.69, 9.17) is 0 Å². The molecule has 35 heavy (non-hydrogen) atoms. The van der Waals surface area contributed by atoms with E-state index in [2.05, 4.69) is 17.0 Å². The molecule has 174 valence electrons. The molecule has 1 heterocycles. The summed E-state index contributed by atoms with van der Waals surface area (Å²) < 4.78 is 13.5. The number of halogens is 1. The molecular formula is C27H24FKN2O4. The van der Waals surface area contributed by atoms with Crippen LogP contribution in [0.2, 0.25) is 0 Å². The molecule has 1 atom stereocenters. The number of carbonyl (C=O) groups is 1. The third-order valence-corrected chi connectivity index (χ3v) is 6.17. The van der Waals surface area contributed by atoms with Gasteiger partial charge in [-0.1, -0.05) is 41.7 Å². The number of nitro groups is 1. The third-order valence-electron chi connectivity index (χ3n) is 6.17. The van der Waals surface area contributed by atoms with Crippen molar-refractivity contribution in [3.63, 3.8) is 0 Å². The Bertz CT molecular complexity index is 1290. The van der Waals surface area contributed by atoms with Crippen molar-refractivity contribution in [2.45, 2.75) is 32.7 Å². The second kappa shape index (κ2) is 11.6. The third kappa shape index (κ3) is 6.26. The number of anilines is 1. The van der Waals surface area contributed by atoms with Gasteiger partial charge in [-0.05, 0) is 73.7 Å². The minimum atomic E-state index is -0.782. The second-order valence-electron chi connectivity index (χ2n) is 8.56. The van der Waals surface area contributed by atoms with Gasteiger partial charge in [0.1, 0.15) is 11.6 Å².